The number of carbonyl (C=O) groups is 1. The molecule has 1 amide bonds. The van der Waals surface area contributed by atoms with Gasteiger partial charge in [-0.2, -0.15) is 0 Å². The second-order valence-electron chi connectivity index (χ2n) is 4.80. The van der Waals surface area contributed by atoms with E-state index in [2.05, 4.69) is 15.5 Å². The molecule has 3 aromatic rings. The zero-order valence-electron chi connectivity index (χ0n) is 12.8. The van der Waals surface area contributed by atoms with Crippen LogP contribution in [0.5, 0.6) is 11.5 Å². The van der Waals surface area contributed by atoms with Gasteiger partial charge in [-0.15, -0.1) is 10.2 Å². The normalized spacial score (nSPS) is 10.4. The molecule has 0 aliphatic carbocycles. The van der Waals surface area contributed by atoms with Crippen LogP contribution >= 0.6 is 34.7 Å². The van der Waals surface area contributed by atoms with Gasteiger partial charge in [0.25, 0.3) is 0 Å². The molecule has 0 fully saturated rings. The second kappa shape index (κ2) is 8.19. The third-order valence-corrected chi connectivity index (χ3v) is 5.15. The van der Waals surface area contributed by atoms with Gasteiger partial charge in [-0.05, 0) is 36.4 Å². The van der Waals surface area contributed by atoms with Crippen molar-refractivity contribution in [2.24, 2.45) is 0 Å². The van der Waals surface area contributed by atoms with Crippen LogP contribution in [0, 0.1) is 0 Å². The summed E-state index contributed by atoms with van der Waals surface area (Å²) in [5.41, 5.74) is 6.17. The maximum absolute atomic E-state index is 12.0. The molecule has 3 rings (SSSR count). The molecule has 9 heteroatoms. The third kappa shape index (κ3) is 5.09. The monoisotopic (exact) mass is 392 g/mol. The van der Waals surface area contributed by atoms with Crippen molar-refractivity contribution in [1.82, 2.24) is 10.2 Å². The van der Waals surface area contributed by atoms with Crippen molar-refractivity contribution in [3.8, 4) is 11.5 Å². The van der Waals surface area contributed by atoms with E-state index in [9.17, 15) is 4.79 Å². The predicted molar refractivity (Wildman–Crippen MR) is 102 cm³/mol. The standard InChI is InChI=1S/C16H13ClN4O2S2/c17-12-3-1-2-4-13(12)23-11-7-5-10(6-8-11)19-14(22)9-24-16-21-20-15(18)25-16/h1-8H,9H2,(H2,18,20)(H,19,22). The van der Waals surface area contributed by atoms with Gasteiger partial charge in [-0.25, -0.2) is 0 Å². The number of halogens is 1. The topological polar surface area (TPSA) is 90.1 Å². The highest BCUT2D eigenvalue weighted by Crippen LogP contribution is 2.29. The SMILES string of the molecule is Nc1nnc(SCC(=O)Nc2ccc(Oc3ccccc3Cl)cc2)s1. The lowest BCUT2D eigenvalue weighted by Crippen LogP contribution is -2.13. The van der Waals surface area contributed by atoms with E-state index in [-0.39, 0.29) is 11.7 Å². The number of benzene rings is 2. The Morgan fingerprint density at radius 3 is 2.64 bits per heavy atom. The van der Waals surface area contributed by atoms with Crippen molar-refractivity contribution in [2.45, 2.75) is 4.34 Å². The molecule has 2 aromatic carbocycles. The number of aromatic nitrogens is 2. The van der Waals surface area contributed by atoms with Gasteiger partial charge in [-0.3, -0.25) is 4.79 Å². The van der Waals surface area contributed by atoms with E-state index in [0.717, 1.165) is 0 Å². The third-order valence-electron chi connectivity index (χ3n) is 2.95. The molecule has 0 radical (unpaired) electrons. The summed E-state index contributed by atoms with van der Waals surface area (Å²) in [6.45, 7) is 0. The number of para-hydroxylation sites is 1. The second-order valence-corrected chi connectivity index (χ2v) is 7.44. The van der Waals surface area contributed by atoms with Crippen molar-refractivity contribution < 1.29 is 9.53 Å². The predicted octanol–water partition coefficient (Wildman–Crippen LogP) is 4.30. The Labute approximate surface area is 157 Å². The molecule has 0 saturated carbocycles. The van der Waals surface area contributed by atoms with Crippen LogP contribution in [0.3, 0.4) is 0 Å². The fraction of sp³-hybridized carbons (Fsp3) is 0.0625. The lowest BCUT2D eigenvalue weighted by molar-refractivity contribution is -0.113. The Kier molecular flexibility index (Phi) is 5.75. The minimum absolute atomic E-state index is 0.140. The quantitative estimate of drug-likeness (QED) is 0.608. The molecule has 0 aliphatic heterocycles. The summed E-state index contributed by atoms with van der Waals surface area (Å²) in [5, 5.41) is 11.3. The number of nitrogens with zero attached hydrogens (tertiary/aromatic N) is 2. The number of hydrogen-bond acceptors (Lipinski definition) is 7. The number of carbonyl (C=O) groups excluding carboxylic acids is 1. The Bertz CT molecular complexity index is 871. The van der Waals surface area contributed by atoms with Crippen LogP contribution in [-0.2, 0) is 4.79 Å². The van der Waals surface area contributed by atoms with Crippen LogP contribution in [0.25, 0.3) is 0 Å². The molecule has 1 aromatic heterocycles. The molecule has 0 spiro atoms. The van der Waals surface area contributed by atoms with E-state index in [1.165, 1.54) is 23.1 Å². The van der Waals surface area contributed by atoms with Gasteiger partial charge in [-0.1, -0.05) is 46.8 Å². The van der Waals surface area contributed by atoms with Crippen molar-refractivity contribution in [3.05, 3.63) is 53.6 Å². The first-order valence-corrected chi connectivity index (χ1v) is 9.32. The molecule has 0 unspecified atom stereocenters. The molecule has 0 bridgehead atoms. The summed E-state index contributed by atoms with van der Waals surface area (Å²) in [5.74, 6) is 1.30. The van der Waals surface area contributed by atoms with E-state index in [1.54, 1.807) is 36.4 Å². The smallest absolute Gasteiger partial charge is 0.234 e. The number of thioether (sulfide) groups is 1. The number of anilines is 2. The highest BCUT2D eigenvalue weighted by molar-refractivity contribution is 8.01. The summed E-state index contributed by atoms with van der Waals surface area (Å²) in [7, 11) is 0. The van der Waals surface area contributed by atoms with E-state index in [1.807, 2.05) is 12.1 Å². The highest BCUT2D eigenvalue weighted by atomic mass is 35.5. The summed E-state index contributed by atoms with van der Waals surface area (Å²) in [6, 6.07) is 14.3. The Morgan fingerprint density at radius 1 is 1.20 bits per heavy atom. The van der Waals surface area contributed by atoms with Crippen LogP contribution in [-0.4, -0.2) is 21.9 Å². The van der Waals surface area contributed by atoms with Gasteiger partial charge in [0.05, 0.1) is 10.8 Å². The number of nitrogens with two attached hydrogens (primary N) is 1. The number of amides is 1. The van der Waals surface area contributed by atoms with Crippen LogP contribution in [0.15, 0.2) is 52.9 Å². The van der Waals surface area contributed by atoms with Crippen LogP contribution in [0.1, 0.15) is 0 Å². The van der Waals surface area contributed by atoms with Gasteiger partial charge >= 0.3 is 0 Å². The summed E-state index contributed by atoms with van der Waals surface area (Å²) < 4.78 is 6.37. The zero-order valence-corrected chi connectivity index (χ0v) is 15.2. The zero-order chi connectivity index (χ0) is 17.6. The lowest BCUT2D eigenvalue weighted by Gasteiger charge is -2.09. The van der Waals surface area contributed by atoms with E-state index in [0.29, 0.717) is 31.7 Å². The number of hydrogen-bond donors (Lipinski definition) is 2. The minimum Gasteiger partial charge on any atom is -0.456 e. The van der Waals surface area contributed by atoms with Gasteiger partial charge in [0.2, 0.25) is 11.0 Å². The molecule has 128 valence electrons. The van der Waals surface area contributed by atoms with Crippen molar-refractivity contribution in [1.29, 1.82) is 0 Å². The van der Waals surface area contributed by atoms with E-state index in [4.69, 9.17) is 22.1 Å². The van der Waals surface area contributed by atoms with Crippen molar-refractivity contribution >= 4 is 51.4 Å². The fourth-order valence-corrected chi connectivity index (χ4v) is 3.47. The van der Waals surface area contributed by atoms with Gasteiger partial charge < -0.3 is 15.8 Å². The maximum Gasteiger partial charge on any atom is 0.234 e. The van der Waals surface area contributed by atoms with Crippen molar-refractivity contribution in [3.63, 3.8) is 0 Å². The fourth-order valence-electron chi connectivity index (χ4n) is 1.86. The Hall–Kier alpha value is -2.29. The molecular weight excluding hydrogens is 380 g/mol. The first-order valence-electron chi connectivity index (χ1n) is 7.14. The van der Waals surface area contributed by atoms with Crippen LogP contribution in [0.2, 0.25) is 5.02 Å². The molecule has 3 N–H and O–H groups in total. The van der Waals surface area contributed by atoms with E-state index < -0.39 is 0 Å². The summed E-state index contributed by atoms with van der Waals surface area (Å²) in [4.78, 5) is 12.0. The molecule has 0 atom stereocenters. The Balaban J connectivity index is 1.53. The van der Waals surface area contributed by atoms with E-state index >= 15 is 0 Å². The summed E-state index contributed by atoms with van der Waals surface area (Å²) >= 11 is 8.60. The Morgan fingerprint density at radius 2 is 1.96 bits per heavy atom. The number of nitrogen functional groups attached to an aromatic ring is 1. The van der Waals surface area contributed by atoms with Gasteiger partial charge in [0.1, 0.15) is 11.5 Å². The first kappa shape index (κ1) is 17.5. The average molecular weight is 393 g/mol. The molecule has 6 nitrogen and oxygen atoms in total. The first-order chi connectivity index (χ1) is 12.1. The molecule has 0 saturated heterocycles. The van der Waals surface area contributed by atoms with Crippen molar-refractivity contribution in [2.75, 3.05) is 16.8 Å². The maximum atomic E-state index is 12.0. The molecule has 25 heavy (non-hydrogen) atoms. The average Bonchev–Trinajstić information content (AvgIpc) is 3.02. The van der Waals surface area contributed by atoms with Gasteiger partial charge in [0, 0.05) is 5.69 Å². The lowest BCUT2D eigenvalue weighted by atomic mass is 10.3. The number of nitrogens with one attached hydrogen (secondary N) is 1. The molecule has 1 heterocycles. The molecule has 0 aliphatic rings. The number of ether oxygens (including phenoxy) is 1. The van der Waals surface area contributed by atoms with Crippen LogP contribution in [0.4, 0.5) is 10.8 Å². The highest BCUT2D eigenvalue weighted by Gasteiger charge is 2.08. The largest absolute Gasteiger partial charge is 0.456 e. The number of rotatable bonds is 6. The molecular formula is C16H13ClN4O2S2. The van der Waals surface area contributed by atoms with Crippen LogP contribution < -0.4 is 15.8 Å². The van der Waals surface area contributed by atoms with Gasteiger partial charge in [0.15, 0.2) is 4.34 Å². The minimum atomic E-state index is -0.140. The summed E-state index contributed by atoms with van der Waals surface area (Å²) in [6.07, 6.45) is 0.